The van der Waals surface area contributed by atoms with Gasteiger partial charge in [-0.15, -0.1) is 0 Å². The average Bonchev–Trinajstić information content (AvgIpc) is 3.03. The van der Waals surface area contributed by atoms with Gasteiger partial charge in [-0.1, -0.05) is 0 Å². The summed E-state index contributed by atoms with van der Waals surface area (Å²) in [7, 11) is 4.98. The van der Waals surface area contributed by atoms with E-state index in [4.69, 9.17) is 0 Å². The van der Waals surface area contributed by atoms with E-state index in [9.17, 15) is 19.2 Å². The van der Waals surface area contributed by atoms with Crippen LogP contribution in [0.2, 0.25) is 0 Å². The van der Waals surface area contributed by atoms with Crippen LogP contribution in [0.1, 0.15) is 0 Å². The molecule has 0 bridgehead atoms. The molecule has 132 valence electrons. The van der Waals surface area contributed by atoms with Crippen LogP contribution in [0.25, 0.3) is 0 Å². The van der Waals surface area contributed by atoms with Gasteiger partial charge >= 0.3 is 11.4 Å². The highest BCUT2D eigenvalue weighted by molar-refractivity contribution is 5.79. The average molecular weight is 348 g/mol. The van der Waals surface area contributed by atoms with Crippen molar-refractivity contribution in [1.29, 1.82) is 0 Å². The molecule has 0 saturated heterocycles. The van der Waals surface area contributed by atoms with Crippen molar-refractivity contribution in [2.24, 2.45) is 7.05 Å². The van der Waals surface area contributed by atoms with Gasteiger partial charge in [-0.05, 0) is 0 Å². The van der Waals surface area contributed by atoms with E-state index in [1.807, 2.05) is 0 Å². The number of aromatic amines is 3. The lowest BCUT2D eigenvalue weighted by Gasteiger charge is -2.31. The van der Waals surface area contributed by atoms with E-state index in [1.54, 1.807) is 41.0 Å². The number of nitrogens with zero attached hydrogens (tertiary/aromatic N) is 5. The summed E-state index contributed by atoms with van der Waals surface area (Å²) < 4.78 is 1.32. The molecule has 0 spiro atoms. The highest BCUT2D eigenvalue weighted by Crippen LogP contribution is 2.37. The fourth-order valence-corrected chi connectivity index (χ4v) is 3.31. The molecule has 0 aliphatic carbocycles. The molecule has 12 heteroatoms. The van der Waals surface area contributed by atoms with Crippen LogP contribution in [-0.2, 0) is 7.05 Å². The molecule has 2 aromatic rings. The van der Waals surface area contributed by atoms with Crippen LogP contribution in [0.3, 0.4) is 0 Å². The standard InChI is InChI=1S/C13H16N8O4/c1-17-4-20(8-6(17)9(22)15-12(24)14-8)21-5-18(2)7-10(23)16-13(25)19(3)11(7)21/h4-5H2,1-3H3,(H,16,23,25)(H2,14,15,22,24). The minimum atomic E-state index is -0.628. The first-order chi connectivity index (χ1) is 11.8. The topological polar surface area (TPSA) is 134 Å². The van der Waals surface area contributed by atoms with Crippen molar-refractivity contribution in [3.8, 4) is 0 Å². The van der Waals surface area contributed by atoms with Crippen molar-refractivity contribution in [2.45, 2.75) is 0 Å². The third-order valence-corrected chi connectivity index (χ3v) is 4.42. The molecule has 3 N–H and O–H groups in total. The number of anilines is 4. The Kier molecular flexibility index (Phi) is 2.89. The number of fused-ring (bicyclic) bond motifs is 2. The van der Waals surface area contributed by atoms with E-state index in [1.165, 1.54) is 4.57 Å². The van der Waals surface area contributed by atoms with Crippen LogP contribution in [0.15, 0.2) is 19.2 Å². The summed E-state index contributed by atoms with van der Waals surface area (Å²) in [5.41, 5.74) is -1.52. The molecule has 0 amide bonds. The van der Waals surface area contributed by atoms with Gasteiger partial charge in [0.15, 0.2) is 11.6 Å². The molecule has 12 nitrogen and oxygen atoms in total. The smallest absolute Gasteiger partial charge is 0.329 e. The first-order valence-corrected chi connectivity index (χ1v) is 7.46. The van der Waals surface area contributed by atoms with Crippen LogP contribution in [0.5, 0.6) is 0 Å². The van der Waals surface area contributed by atoms with Crippen LogP contribution in [-0.4, -0.2) is 47.0 Å². The third kappa shape index (κ3) is 1.93. The number of H-pyrrole nitrogens is 3. The predicted octanol–water partition coefficient (Wildman–Crippen LogP) is -2.51. The minimum absolute atomic E-state index is 0.270. The lowest BCUT2D eigenvalue weighted by atomic mass is 10.4. The maximum Gasteiger partial charge on any atom is 0.329 e. The van der Waals surface area contributed by atoms with Gasteiger partial charge in [-0.3, -0.25) is 29.1 Å². The molecule has 0 fully saturated rings. The van der Waals surface area contributed by atoms with E-state index in [0.717, 1.165) is 0 Å². The van der Waals surface area contributed by atoms with E-state index < -0.39 is 22.5 Å². The zero-order valence-corrected chi connectivity index (χ0v) is 13.8. The molecule has 2 aliphatic heterocycles. The van der Waals surface area contributed by atoms with Crippen LogP contribution >= 0.6 is 0 Å². The van der Waals surface area contributed by atoms with Gasteiger partial charge in [0, 0.05) is 21.1 Å². The summed E-state index contributed by atoms with van der Waals surface area (Å²) in [5.74, 6) is 0.698. The highest BCUT2D eigenvalue weighted by Gasteiger charge is 2.39. The SMILES string of the molecule is CN1CN(N2CN(C)c3c2n(C)c(=O)[nH]c3=O)c2[nH]c(=O)[nH]c(=O)c21. The summed E-state index contributed by atoms with van der Waals surface area (Å²) in [5, 5.41) is 3.34. The molecule has 0 saturated carbocycles. The number of rotatable bonds is 1. The van der Waals surface area contributed by atoms with Crippen molar-refractivity contribution in [1.82, 2.24) is 19.5 Å². The second-order valence-electron chi connectivity index (χ2n) is 6.07. The summed E-state index contributed by atoms with van der Waals surface area (Å²) in [4.78, 5) is 58.5. The van der Waals surface area contributed by atoms with Crippen molar-refractivity contribution >= 4 is 23.0 Å². The number of nitrogens with one attached hydrogen (secondary N) is 3. The Hall–Kier alpha value is -3.44. The second-order valence-corrected chi connectivity index (χ2v) is 6.07. The van der Waals surface area contributed by atoms with E-state index >= 15 is 0 Å². The summed E-state index contributed by atoms with van der Waals surface area (Å²) in [6.07, 6.45) is 0. The fourth-order valence-electron chi connectivity index (χ4n) is 3.31. The van der Waals surface area contributed by atoms with E-state index in [-0.39, 0.29) is 13.3 Å². The Morgan fingerprint density at radius 1 is 0.760 bits per heavy atom. The summed E-state index contributed by atoms with van der Waals surface area (Å²) in [6, 6.07) is 0. The quantitative estimate of drug-likeness (QED) is 0.515. The van der Waals surface area contributed by atoms with Crippen LogP contribution in [0.4, 0.5) is 23.0 Å². The van der Waals surface area contributed by atoms with Gasteiger partial charge in [0.1, 0.15) is 24.7 Å². The second kappa shape index (κ2) is 4.78. The lowest BCUT2D eigenvalue weighted by molar-refractivity contribution is 0.701. The van der Waals surface area contributed by atoms with Gasteiger partial charge in [-0.25, -0.2) is 19.6 Å². The van der Waals surface area contributed by atoms with Gasteiger partial charge < -0.3 is 9.80 Å². The molecule has 0 unspecified atom stereocenters. The number of hydrazine groups is 1. The number of hydrogen-bond donors (Lipinski definition) is 3. The Labute approximate surface area is 139 Å². The zero-order valence-electron chi connectivity index (χ0n) is 13.8. The summed E-state index contributed by atoms with van der Waals surface area (Å²) >= 11 is 0. The minimum Gasteiger partial charge on any atom is -0.348 e. The largest absolute Gasteiger partial charge is 0.348 e. The fraction of sp³-hybridized carbons (Fsp3) is 0.385. The third-order valence-electron chi connectivity index (χ3n) is 4.42. The van der Waals surface area contributed by atoms with Gasteiger partial charge in [-0.2, -0.15) is 0 Å². The molecule has 0 aromatic carbocycles. The van der Waals surface area contributed by atoms with Crippen molar-refractivity contribution < 1.29 is 0 Å². The zero-order chi connectivity index (χ0) is 18.0. The Balaban J connectivity index is 1.95. The lowest BCUT2D eigenvalue weighted by Crippen LogP contribution is -2.47. The van der Waals surface area contributed by atoms with Crippen molar-refractivity contribution in [3.63, 3.8) is 0 Å². The molecule has 4 heterocycles. The normalized spacial score (nSPS) is 15.8. The van der Waals surface area contributed by atoms with Gasteiger partial charge in [0.2, 0.25) is 0 Å². The monoisotopic (exact) mass is 348 g/mol. The maximum absolute atomic E-state index is 12.2. The Morgan fingerprint density at radius 3 is 2.08 bits per heavy atom. The first-order valence-electron chi connectivity index (χ1n) is 7.46. The van der Waals surface area contributed by atoms with E-state index in [0.29, 0.717) is 23.0 Å². The predicted molar refractivity (Wildman–Crippen MR) is 91.5 cm³/mol. The highest BCUT2D eigenvalue weighted by atomic mass is 16.2. The number of hydrogen-bond acceptors (Lipinski definition) is 8. The van der Waals surface area contributed by atoms with Gasteiger partial charge in [0.25, 0.3) is 11.1 Å². The van der Waals surface area contributed by atoms with Crippen molar-refractivity contribution in [2.75, 3.05) is 47.3 Å². The molecule has 2 aliphatic rings. The Bertz CT molecular complexity index is 1110. The van der Waals surface area contributed by atoms with Crippen LogP contribution < -0.4 is 42.3 Å². The molecule has 2 aromatic heterocycles. The molecule has 25 heavy (non-hydrogen) atoms. The first kappa shape index (κ1) is 15.1. The number of aromatic nitrogens is 4. The molecule has 0 radical (unpaired) electrons. The van der Waals surface area contributed by atoms with Gasteiger partial charge in [0.05, 0.1) is 0 Å². The molecule has 0 atom stereocenters. The molecule has 4 rings (SSSR count). The van der Waals surface area contributed by atoms with Crippen molar-refractivity contribution in [3.05, 3.63) is 41.7 Å². The Morgan fingerprint density at radius 2 is 1.36 bits per heavy atom. The molecular formula is C13H16N8O4. The van der Waals surface area contributed by atoms with Crippen LogP contribution in [0, 0.1) is 0 Å². The summed E-state index contributed by atoms with van der Waals surface area (Å²) in [6.45, 7) is 0.546. The van der Waals surface area contributed by atoms with E-state index in [2.05, 4.69) is 15.0 Å². The maximum atomic E-state index is 12.2. The molecular weight excluding hydrogens is 332 g/mol.